The van der Waals surface area contributed by atoms with Gasteiger partial charge in [0.1, 0.15) is 10.8 Å². The smallest absolute Gasteiger partial charge is 0.156 e. The molecule has 0 aliphatic heterocycles. The van der Waals surface area contributed by atoms with E-state index in [4.69, 9.17) is 5.73 Å². The van der Waals surface area contributed by atoms with Crippen molar-refractivity contribution in [1.82, 2.24) is 9.97 Å². The lowest BCUT2D eigenvalue weighted by Crippen LogP contribution is -1.95. The predicted molar refractivity (Wildman–Crippen MR) is 70.1 cm³/mol. The summed E-state index contributed by atoms with van der Waals surface area (Å²) in [6, 6.07) is 4.61. The molecule has 0 fully saturated rings. The third kappa shape index (κ3) is 3.17. The van der Waals surface area contributed by atoms with E-state index in [0.29, 0.717) is 16.6 Å². The number of benzene rings is 1. The van der Waals surface area contributed by atoms with Crippen molar-refractivity contribution in [3.8, 4) is 0 Å². The Morgan fingerprint density at radius 1 is 1.29 bits per heavy atom. The maximum Gasteiger partial charge on any atom is 0.156 e. The average molecular weight is 314 g/mol. The third-order valence-electron chi connectivity index (χ3n) is 2.07. The highest BCUT2D eigenvalue weighted by atomic mass is 79.9. The van der Waals surface area contributed by atoms with Crippen LogP contribution in [-0.4, -0.2) is 9.97 Å². The molecule has 0 saturated heterocycles. The van der Waals surface area contributed by atoms with Gasteiger partial charge in [0.05, 0.1) is 0 Å². The van der Waals surface area contributed by atoms with Crippen molar-refractivity contribution in [2.45, 2.75) is 10.8 Å². The molecular formula is C11H9BrFN3S. The molecule has 3 nitrogen and oxygen atoms in total. The molecule has 1 aromatic heterocycles. The van der Waals surface area contributed by atoms with Crippen molar-refractivity contribution in [3.63, 3.8) is 0 Å². The second-order valence-corrected chi connectivity index (χ2v) is 5.09. The lowest BCUT2D eigenvalue weighted by atomic mass is 10.2. The van der Waals surface area contributed by atoms with Gasteiger partial charge in [0.25, 0.3) is 0 Å². The van der Waals surface area contributed by atoms with Gasteiger partial charge in [-0.3, -0.25) is 0 Å². The molecule has 0 atom stereocenters. The molecule has 0 unspecified atom stereocenters. The van der Waals surface area contributed by atoms with E-state index < -0.39 is 0 Å². The number of anilines is 1. The first-order valence-electron chi connectivity index (χ1n) is 4.80. The topological polar surface area (TPSA) is 51.8 Å². The van der Waals surface area contributed by atoms with Crippen molar-refractivity contribution < 1.29 is 4.39 Å². The van der Waals surface area contributed by atoms with Gasteiger partial charge in [0.2, 0.25) is 0 Å². The first-order valence-corrected chi connectivity index (χ1v) is 6.58. The summed E-state index contributed by atoms with van der Waals surface area (Å²) in [5.74, 6) is 0.810. The van der Waals surface area contributed by atoms with E-state index in [-0.39, 0.29) is 5.82 Å². The summed E-state index contributed by atoms with van der Waals surface area (Å²) in [4.78, 5) is 8.08. The number of thioether (sulfide) groups is 1. The number of nitrogens with two attached hydrogens (primary N) is 1. The van der Waals surface area contributed by atoms with Gasteiger partial charge >= 0.3 is 0 Å². The van der Waals surface area contributed by atoms with Gasteiger partial charge in [-0.2, -0.15) is 0 Å². The second-order valence-electron chi connectivity index (χ2n) is 3.27. The van der Waals surface area contributed by atoms with E-state index in [1.54, 1.807) is 18.5 Å². The van der Waals surface area contributed by atoms with E-state index >= 15 is 0 Å². The summed E-state index contributed by atoms with van der Waals surface area (Å²) in [5, 5.41) is 0.684. The Morgan fingerprint density at radius 3 is 2.76 bits per heavy atom. The monoisotopic (exact) mass is 313 g/mol. The molecule has 2 N–H and O–H groups in total. The molecule has 6 heteroatoms. The van der Waals surface area contributed by atoms with E-state index in [1.807, 2.05) is 0 Å². The molecule has 0 aliphatic carbocycles. The van der Waals surface area contributed by atoms with Gasteiger partial charge in [-0.15, -0.1) is 0 Å². The lowest BCUT2D eigenvalue weighted by Gasteiger charge is -2.05. The molecule has 1 heterocycles. The number of hydrogen-bond donors (Lipinski definition) is 1. The van der Waals surface area contributed by atoms with Crippen LogP contribution in [0.5, 0.6) is 0 Å². The van der Waals surface area contributed by atoms with Crippen LogP contribution in [0.15, 0.2) is 40.1 Å². The Balaban J connectivity index is 2.10. The molecule has 0 radical (unpaired) electrons. The Labute approximate surface area is 111 Å². The zero-order valence-corrected chi connectivity index (χ0v) is 11.1. The van der Waals surface area contributed by atoms with Crippen molar-refractivity contribution in [3.05, 3.63) is 46.4 Å². The fourth-order valence-corrected chi connectivity index (χ4v) is 2.79. The zero-order valence-electron chi connectivity index (χ0n) is 8.73. The summed E-state index contributed by atoms with van der Waals surface area (Å²) < 4.78 is 13.6. The average Bonchev–Trinajstić information content (AvgIpc) is 2.30. The standard InChI is InChI=1S/C11H9BrFN3S/c12-9-5-8(13)2-1-7(9)6-17-11-10(14)15-3-4-16-11/h1-5H,6H2,(H2,14,15). The summed E-state index contributed by atoms with van der Waals surface area (Å²) in [7, 11) is 0. The van der Waals surface area contributed by atoms with Crippen LogP contribution < -0.4 is 5.73 Å². The van der Waals surface area contributed by atoms with Crippen LogP contribution in [0.1, 0.15) is 5.56 Å². The van der Waals surface area contributed by atoms with Crippen LogP contribution in [0.4, 0.5) is 10.2 Å². The lowest BCUT2D eigenvalue weighted by molar-refractivity contribution is 0.626. The normalized spacial score (nSPS) is 10.5. The minimum Gasteiger partial charge on any atom is -0.381 e. The number of nitrogen functional groups attached to an aromatic ring is 1. The van der Waals surface area contributed by atoms with Crippen molar-refractivity contribution in [1.29, 1.82) is 0 Å². The van der Waals surface area contributed by atoms with Gasteiger partial charge in [-0.1, -0.05) is 33.8 Å². The largest absolute Gasteiger partial charge is 0.381 e. The second kappa shape index (κ2) is 5.46. The van der Waals surface area contributed by atoms with Gasteiger partial charge in [0, 0.05) is 22.6 Å². The van der Waals surface area contributed by atoms with Crippen LogP contribution in [0, 0.1) is 5.82 Å². The maximum absolute atomic E-state index is 12.9. The fraction of sp³-hybridized carbons (Fsp3) is 0.0909. The molecule has 0 bridgehead atoms. The molecule has 0 spiro atoms. The minimum atomic E-state index is -0.260. The minimum absolute atomic E-state index is 0.260. The summed E-state index contributed by atoms with van der Waals surface area (Å²) in [6.45, 7) is 0. The molecule has 0 aliphatic rings. The molecule has 0 amide bonds. The Kier molecular flexibility index (Phi) is 3.96. The number of hydrogen-bond acceptors (Lipinski definition) is 4. The van der Waals surface area contributed by atoms with Gasteiger partial charge < -0.3 is 5.73 Å². The SMILES string of the molecule is Nc1nccnc1SCc1ccc(F)cc1Br. The molecule has 88 valence electrons. The molecule has 2 rings (SSSR count). The van der Waals surface area contributed by atoms with Gasteiger partial charge in [0.15, 0.2) is 5.82 Å². The van der Waals surface area contributed by atoms with Crippen LogP contribution in [-0.2, 0) is 5.75 Å². The number of nitrogens with zero attached hydrogens (tertiary/aromatic N) is 2. The quantitative estimate of drug-likeness (QED) is 0.884. The van der Waals surface area contributed by atoms with E-state index in [1.165, 1.54) is 23.9 Å². The first kappa shape index (κ1) is 12.3. The number of rotatable bonds is 3. The highest BCUT2D eigenvalue weighted by Crippen LogP contribution is 2.28. The molecule has 1 aromatic carbocycles. The van der Waals surface area contributed by atoms with Gasteiger partial charge in [-0.25, -0.2) is 14.4 Å². The van der Waals surface area contributed by atoms with Crippen molar-refractivity contribution in [2.24, 2.45) is 0 Å². The molecule has 17 heavy (non-hydrogen) atoms. The van der Waals surface area contributed by atoms with E-state index in [2.05, 4.69) is 25.9 Å². The Morgan fingerprint density at radius 2 is 2.06 bits per heavy atom. The highest BCUT2D eigenvalue weighted by molar-refractivity contribution is 9.10. The van der Waals surface area contributed by atoms with Crippen LogP contribution in [0.2, 0.25) is 0 Å². The predicted octanol–water partition coefficient (Wildman–Crippen LogP) is 3.25. The summed E-state index contributed by atoms with van der Waals surface area (Å²) >= 11 is 4.79. The Hall–Kier alpha value is -1.14. The maximum atomic E-state index is 12.9. The van der Waals surface area contributed by atoms with Crippen LogP contribution in [0.3, 0.4) is 0 Å². The zero-order chi connectivity index (χ0) is 12.3. The Bertz CT molecular complexity index is 536. The number of aromatic nitrogens is 2. The van der Waals surface area contributed by atoms with Gasteiger partial charge in [-0.05, 0) is 17.7 Å². The van der Waals surface area contributed by atoms with Crippen molar-refractivity contribution >= 4 is 33.5 Å². The highest BCUT2D eigenvalue weighted by Gasteiger charge is 2.05. The molecule has 0 saturated carbocycles. The van der Waals surface area contributed by atoms with Crippen LogP contribution >= 0.6 is 27.7 Å². The van der Waals surface area contributed by atoms with E-state index in [9.17, 15) is 4.39 Å². The molecular weight excluding hydrogens is 305 g/mol. The fourth-order valence-electron chi connectivity index (χ4n) is 1.23. The first-order chi connectivity index (χ1) is 8.16. The van der Waals surface area contributed by atoms with Crippen molar-refractivity contribution in [2.75, 3.05) is 5.73 Å². The molecule has 2 aromatic rings. The summed E-state index contributed by atoms with van der Waals surface area (Å²) in [6.07, 6.45) is 3.14. The number of halogens is 2. The van der Waals surface area contributed by atoms with E-state index in [0.717, 1.165) is 10.0 Å². The van der Waals surface area contributed by atoms with Crippen LogP contribution in [0.25, 0.3) is 0 Å². The summed E-state index contributed by atoms with van der Waals surface area (Å²) in [5.41, 5.74) is 6.67. The third-order valence-corrected chi connectivity index (χ3v) is 3.85.